The van der Waals surface area contributed by atoms with E-state index in [0.29, 0.717) is 52.7 Å². The average molecular weight is 532 g/mol. The number of nitrogens with zero attached hydrogens (tertiary/aromatic N) is 6. The van der Waals surface area contributed by atoms with Gasteiger partial charge >= 0.3 is 12.2 Å². The highest BCUT2D eigenvalue weighted by atomic mass is 35.5. The van der Waals surface area contributed by atoms with E-state index in [1.54, 1.807) is 36.7 Å². The molecule has 0 spiro atoms. The van der Waals surface area contributed by atoms with Crippen molar-refractivity contribution in [1.29, 1.82) is 0 Å². The number of likely N-dealkylation sites (N-methyl/N-ethyl adjacent to an activating group) is 2. The number of carbonyl (C=O) groups excluding carboxylic acids is 2. The van der Waals surface area contributed by atoms with E-state index in [1.807, 2.05) is 19.0 Å². The number of anilines is 3. The van der Waals surface area contributed by atoms with Crippen LogP contribution >= 0.6 is 12.4 Å². The monoisotopic (exact) mass is 531 g/mol. The standard InChI is InChI=1S/C22H25F4N7O2.ClH/c1-13-15-11-18(20(28-19(15)32(5)29-13)31(4)9-8-30(2)3)33(12-34)21(35)27-14-6-7-17(23)16(10-14)22(24,25)26;/h6-7,10-12H,8-9H2,1-5H3,(H,27,35);1H. The summed E-state index contributed by atoms with van der Waals surface area (Å²) in [7, 11) is 7.22. The summed E-state index contributed by atoms with van der Waals surface area (Å²) in [5.41, 5.74) is -0.618. The zero-order valence-corrected chi connectivity index (χ0v) is 21.0. The van der Waals surface area contributed by atoms with Crippen molar-refractivity contribution in [2.24, 2.45) is 7.05 Å². The molecule has 1 N–H and O–H groups in total. The van der Waals surface area contributed by atoms with Crippen molar-refractivity contribution in [2.75, 3.05) is 49.3 Å². The normalized spacial score (nSPS) is 11.4. The number of nitrogens with one attached hydrogen (secondary N) is 1. The predicted octanol–water partition coefficient (Wildman–Crippen LogP) is 4.05. The van der Waals surface area contributed by atoms with Crippen molar-refractivity contribution >= 4 is 53.1 Å². The lowest BCUT2D eigenvalue weighted by Gasteiger charge is -2.26. The van der Waals surface area contributed by atoms with Gasteiger partial charge in [-0.2, -0.15) is 18.3 Å². The summed E-state index contributed by atoms with van der Waals surface area (Å²) >= 11 is 0. The maximum Gasteiger partial charge on any atom is 0.419 e. The first-order chi connectivity index (χ1) is 16.3. The number of rotatable bonds is 7. The Morgan fingerprint density at radius 3 is 2.42 bits per heavy atom. The summed E-state index contributed by atoms with van der Waals surface area (Å²) in [4.78, 5) is 34.0. The van der Waals surface area contributed by atoms with Crippen LogP contribution in [0.3, 0.4) is 0 Å². The minimum Gasteiger partial charge on any atom is -0.357 e. The van der Waals surface area contributed by atoms with Gasteiger partial charge in [0, 0.05) is 38.3 Å². The number of aryl methyl sites for hydroxylation is 2. The van der Waals surface area contributed by atoms with Gasteiger partial charge < -0.3 is 15.1 Å². The minimum atomic E-state index is -4.95. The molecule has 0 saturated heterocycles. The van der Waals surface area contributed by atoms with Crippen molar-refractivity contribution in [3.63, 3.8) is 0 Å². The van der Waals surface area contributed by atoms with Gasteiger partial charge in [-0.1, -0.05) is 0 Å². The number of carbonyl (C=O) groups is 2. The number of halogens is 5. The SMILES string of the molecule is Cc1nn(C)c2nc(N(C)CCN(C)C)c(N(C=O)C(=O)Nc3ccc(F)c(C(F)(F)F)c3)cc12.Cl. The van der Waals surface area contributed by atoms with Gasteiger partial charge in [-0.3, -0.25) is 9.48 Å². The number of imide groups is 1. The molecule has 9 nitrogen and oxygen atoms in total. The second-order valence-corrected chi connectivity index (χ2v) is 8.23. The number of hydrogen-bond donors (Lipinski definition) is 1. The molecule has 0 fully saturated rings. The highest BCUT2D eigenvalue weighted by molar-refractivity contribution is 6.14. The van der Waals surface area contributed by atoms with Gasteiger partial charge in [-0.05, 0) is 45.3 Å². The molecule has 196 valence electrons. The lowest BCUT2D eigenvalue weighted by molar-refractivity contribution is -0.139. The van der Waals surface area contributed by atoms with Crippen LogP contribution in [-0.2, 0) is 18.0 Å². The van der Waals surface area contributed by atoms with Gasteiger partial charge in [0.15, 0.2) is 11.5 Å². The molecule has 1 aromatic carbocycles. The molecule has 0 radical (unpaired) electrons. The second kappa shape index (κ2) is 11.1. The summed E-state index contributed by atoms with van der Waals surface area (Å²) in [6, 6.07) is 2.57. The zero-order chi connectivity index (χ0) is 26.1. The number of amides is 3. The molecule has 2 heterocycles. The fourth-order valence-corrected chi connectivity index (χ4v) is 3.45. The van der Waals surface area contributed by atoms with Crippen LogP contribution in [0.1, 0.15) is 11.3 Å². The van der Waals surface area contributed by atoms with Gasteiger partial charge in [0.05, 0.1) is 16.9 Å². The average Bonchev–Trinajstić information content (AvgIpc) is 3.05. The number of hydrogen-bond acceptors (Lipinski definition) is 6. The molecule has 3 aromatic rings. The number of fused-ring (bicyclic) bond motifs is 1. The third-order valence-electron chi connectivity index (χ3n) is 5.31. The van der Waals surface area contributed by atoms with E-state index in [9.17, 15) is 27.2 Å². The number of alkyl halides is 3. The molecule has 36 heavy (non-hydrogen) atoms. The summed E-state index contributed by atoms with van der Waals surface area (Å²) in [6.45, 7) is 2.88. The van der Waals surface area contributed by atoms with Gasteiger partial charge in [0.1, 0.15) is 5.82 Å². The Labute approximate surface area is 211 Å². The Morgan fingerprint density at radius 2 is 1.83 bits per heavy atom. The Kier molecular flexibility index (Phi) is 8.86. The molecular weight excluding hydrogens is 506 g/mol. The van der Waals surface area contributed by atoms with Crippen molar-refractivity contribution in [1.82, 2.24) is 19.7 Å². The van der Waals surface area contributed by atoms with Crippen LogP contribution in [0.4, 0.5) is 39.5 Å². The van der Waals surface area contributed by atoms with Gasteiger partial charge in [0.25, 0.3) is 0 Å². The van der Waals surface area contributed by atoms with Gasteiger partial charge in [-0.15, -0.1) is 12.4 Å². The van der Waals surface area contributed by atoms with E-state index >= 15 is 0 Å². The summed E-state index contributed by atoms with van der Waals surface area (Å²) in [5.74, 6) is -1.19. The van der Waals surface area contributed by atoms with Crippen LogP contribution in [0.25, 0.3) is 11.0 Å². The Bertz CT molecular complexity index is 1260. The maximum atomic E-state index is 13.6. The summed E-state index contributed by atoms with van der Waals surface area (Å²) in [6.07, 6.45) is -4.72. The van der Waals surface area contributed by atoms with Crippen LogP contribution < -0.4 is 15.1 Å². The van der Waals surface area contributed by atoms with E-state index in [0.717, 1.165) is 6.07 Å². The minimum absolute atomic E-state index is 0. The van der Waals surface area contributed by atoms with E-state index in [1.165, 1.54) is 0 Å². The van der Waals surface area contributed by atoms with Gasteiger partial charge in [0.2, 0.25) is 6.41 Å². The van der Waals surface area contributed by atoms with Crippen molar-refractivity contribution < 1.29 is 27.2 Å². The number of aromatic nitrogens is 3. The molecule has 0 unspecified atom stereocenters. The smallest absolute Gasteiger partial charge is 0.357 e. The lowest BCUT2D eigenvalue weighted by atomic mass is 10.2. The molecule has 0 aliphatic heterocycles. The second-order valence-electron chi connectivity index (χ2n) is 8.23. The maximum absolute atomic E-state index is 13.6. The first-order valence-corrected chi connectivity index (χ1v) is 10.5. The number of benzene rings is 1. The largest absolute Gasteiger partial charge is 0.419 e. The molecule has 3 rings (SSSR count). The third-order valence-corrected chi connectivity index (χ3v) is 5.31. The molecule has 0 aliphatic carbocycles. The lowest BCUT2D eigenvalue weighted by Crippen LogP contribution is -2.36. The fraction of sp³-hybridized carbons (Fsp3) is 0.364. The van der Waals surface area contributed by atoms with Crippen LogP contribution in [0.5, 0.6) is 0 Å². The zero-order valence-electron chi connectivity index (χ0n) is 20.2. The van der Waals surface area contributed by atoms with Crippen molar-refractivity contribution in [3.8, 4) is 0 Å². The van der Waals surface area contributed by atoms with Crippen molar-refractivity contribution in [2.45, 2.75) is 13.1 Å². The van der Waals surface area contributed by atoms with Crippen LogP contribution in [0, 0.1) is 12.7 Å². The van der Waals surface area contributed by atoms with Crippen LogP contribution in [0.15, 0.2) is 24.3 Å². The first-order valence-electron chi connectivity index (χ1n) is 10.5. The van der Waals surface area contributed by atoms with E-state index in [-0.39, 0.29) is 30.2 Å². The number of pyridine rings is 1. The van der Waals surface area contributed by atoms with Crippen LogP contribution in [0.2, 0.25) is 0 Å². The highest BCUT2D eigenvalue weighted by Gasteiger charge is 2.34. The molecule has 14 heteroatoms. The summed E-state index contributed by atoms with van der Waals surface area (Å²) in [5, 5.41) is 7.14. The Hall–Kier alpha value is -3.45. The van der Waals surface area contributed by atoms with Crippen LogP contribution in [-0.4, -0.2) is 66.3 Å². The Morgan fingerprint density at radius 1 is 1.17 bits per heavy atom. The van der Waals surface area contributed by atoms with E-state index < -0.39 is 23.6 Å². The Balaban J connectivity index is 0.00000456. The molecule has 3 amide bonds. The molecule has 0 aliphatic rings. The molecule has 0 atom stereocenters. The molecular formula is C22H26ClF4N7O2. The molecule has 2 aromatic heterocycles. The molecule has 0 bridgehead atoms. The van der Waals surface area contributed by atoms with E-state index in [2.05, 4.69) is 15.4 Å². The van der Waals surface area contributed by atoms with E-state index in [4.69, 9.17) is 0 Å². The number of urea groups is 1. The first kappa shape index (κ1) is 28.8. The highest BCUT2D eigenvalue weighted by Crippen LogP contribution is 2.34. The fourth-order valence-electron chi connectivity index (χ4n) is 3.45. The van der Waals surface area contributed by atoms with Crippen molar-refractivity contribution in [3.05, 3.63) is 41.3 Å². The third kappa shape index (κ3) is 6.02. The molecule has 0 saturated carbocycles. The topological polar surface area (TPSA) is 86.6 Å². The van der Waals surface area contributed by atoms with Gasteiger partial charge in [-0.25, -0.2) is 19.1 Å². The quantitative estimate of drug-likeness (QED) is 0.366. The predicted molar refractivity (Wildman–Crippen MR) is 131 cm³/mol. The summed E-state index contributed by atoms with van der Waals surface area (Å²) < 4.78 is 54.4.